The lowest BCUT2D eigenvalue weighted by molar-refractivity contribution is -0.114. The van der Waals surface area contributed by atoms with Crippen LogP contribution >= 0.6 is 0 Å². The monoisotopic (exact) mass is 310 g/mol. The maximum Gasteiger partial charge on any atom is 0.246 e. The maximum absolute atomic E-state index is 11.2. The first-order chi connectivity index (χ1) is 10.6. The first kappa shape index (κ1) is 21.0. The average molecular weight is 311 g/mol. The topological polar surface area (TPSA) is 55.1 Å². The maximum atomic E-state index is 11.2. The first-order valence-electron chi connectivity index (χ1n) is 9.36. The third-order valence-corrected chi connectivity index (χ3v) is 4.19. The molecule has 0 aromatic heterocycles. The van der Waals surface area contributed by atoms with Gasteiger partial charge in [-0.25, -0.2) is 0 Å². The molecule has 3 nitrogen and oxygen atoms in total. The minimum atomic E-state index is -0.306. The molecule has 1 amide bonds. The Morgan fingerprint density at radius 2 is 1.32 bits per heavy atom. The normalized spacial score (nSPS) is 12.1. The number of nitrogens with two attached hydrogens (primary N) is 1. The lowest BCUT2D eigenvalue weighted by Gasteiger charge is -2.12. The molecule has 0 saturated heterocycles. The van der Waals surface area contributed by atoms with Crippen LogP contribution in [0.3, 0.4) is 0 Å². The Kier molecular flexibility index (Phi) is 14.3. The van der Waals surface area contributed by atoms with E-state index < -0.39 is 0 Å². The zero-order valence-electron chi connectivity index (χ0n) is 15.2. The van der Waals surface area contributed by atoms with Crippen molar-refractivity contribution in [3.05, 3.63) is 11.3 Å². The first-order valence-corrected chi connectivity index (χ1v) is 9.36. The number of hydrogen-bond donors (Lipinski definition) is 2. The smallest absolute Gasteiger partial charge is 0.246 e. The van der Waals surface area contributed by atoms with Gasteiger partial charge in [0.05, 0.1) is 0 Å². The summed E-state index contributed by atoms with van der Waals surface area (Å²) in [6.07, 6.45) is 15.4. The third kappa shape index (κ3) is 11.6. The molecule has 0 atom stereocenters. The quantitative estimate of drug-likeness (QED) is 0.328. The molecule has 22 heavy (non-hydrogen) atoms. The second-order valence-corrected chi connectivity index (χ2v) is 6.33. The van der Waals surface area contributed by atoms with Gasteiger partial charge in [-0.3, -0.25) is 4.79 Å². The highest BCUT2D eigenvalue weighted by Crippen LogP contribution is 2.11. The number of carbonyl (C=O) groups excluding carboxylic acids is 1. The van der Waals surface area contributed by atoms with Crippen LogP contribution in [0.2, 0.25) is 0 Å². The molecule has 0 saturated carbocycles. The van der Waals surface area contributed by atoms with Crippen LogP contribution in [0.15, 0.2) is 11.3 Å². The van der Waals surface area contributed by atoms with Crippen molar-refractivity contribution >= 4 is 5.91 Å². The van der Waals surface area contributed by atoms with Gasteiger partial charge < -0.3 is 11.1 Å². The largest absolute Gasteiger partial charge is 0.388 e. The van der Waals surface area contributed by atoms with E-state index in [4.69, 9.17) is 5.73 Å². The van der Waals surface area contributed by atoms with Gasteiger partial charge in [0.15, 0.2) is 0 Å². The van der Waals surface area contributed by atoms with E-state index in [0.29, 0.717) is 5.57 Å². The molecule has 0 aromatic carbocycles. The molecule has 3 N–H and O–H groups in total. The fraction of sp³-hybridized carbons (Fsp3) is 0.842. The summed E-state index contributed by atoms with van der Waals surface area (Å²) in [7, 11) is 0. The number of carbonyl (C=O) groups is 1. The molecule has 130 valence electrons. The summed E-state index contributed by atoms with van der Waals surface area (Å²) in [6.45, 7) is 7.16. The average Bonchev–Trinajstić information content (AvgIpc) is 2.50. The molecular formula is C19H38N2O. The van der Waals surface area contributed by atoms with E-state index in [0.717, 1.165) is 25.1 Å². The number of primary amides is 1. The Balaban J connectivity index is 3.58. The number of allylic oxidation sites excluding steroid dienone is 1. The van der Waals surface area contributed by atoms with Crippen molar-refractivity contribution in [2.75, 3.05) is 6.54 Å². The van der Waals surface area contributed by atoms with Crippen LogP contribution in [0.5, 0.6) is 0 Å². The van der Waals surface area contributed by atoms with E-state index in [-0.39, 0.29) is 5.91 Å². The van der Waals surface area contributed by atoms with E-state index in [9.17, 15) is 4.79 Å². The number of nitrogens with one attached hydrogen (secondary N) is 1. The van der Waals surface area contributed by atoms with Gasteiger partial charge in [0.25, 0.3) is 0 Å². The van der Waals surface area contributed by atoms with Gasteiger partial charge in [0.2, 0.25) is 5.91 Å². The zero-order valence-corrected chi connectivity index (χ0v) is 15.2. The second kappa shape index (κ2) is 14.9. The molecule has 0 fully saturated rings. The Bertz CT molecular complexity index is 311. The number of unbranched alkanes of at least 4 members (excludes halogenated alkanes) is 9. The van der Waals surface area contributed by atoms with E-state index in [1.807, 2.05) is 6.92 Å². The standard InChI is InChI=1S/C19H38N2O/c1-4-6-7-8-9-10-11-12-13-14-16-21-18(15-5-2)17(3)19(20)22/h21H,4-16H2,1-3H3,(H2,20,22)/b18-17+. The fourth-order valence-electron chi connectivity index (χ4n) is 2.66. The molecule has 0 aliphatic heterocycles. The Morgan fingerprint density at radius 1 is 0.818 bits per heavy atom. The third-order valence-electron chi connectivity index (χ3n) is 4.19. The molecule has 0 aliphatic rings. The molecule has 0 spiro atoms. The van der Waals surface area contributed by atoms with E-state index >= 15 is 0 Å². The van der Waals surface area contributed by atoms with Crippen LogP contribution in [0.4, 0.5) is 0 Å². The van der Waals surface area contributed by atoms with Crippen molar-refractivity contribution in [3.63, 3.8) is 0 Å². The number of amides is 1. The van der Waals surface area contributed by atoms with Crippen molar-refractivity contribution in [2.45, 2.75) is 97.8 Å². The number of hydrogen-bond acceptors (Lipinski definition) is 2. The predicted molar refractivity (Wildman–Crippen MR) is 96.6 cm³/mol. The van der Waals surface area contributed by atoms with Crippen LogP contribution in [0, 0.1) is 0 Å². The molecule has 0 aliphatic carbocycles. The molecule has 0 heterocycles. The Hall–Kier alpha value is -0.990. The summed E-state index contributed by atoms with van der Waals surface area (Å²) < 4.78 is 0. The van der Waals surface area contributed by atoms with E-state index in [2.05, 4.69) is 19.2 Å². The molecule has 0 radical (unpaired) electrons. The van der Waals surface area contributed by atoms with Gasteiger partial charge >= 0.3 is 0 Å². The summed E-state index contributed by atoms with van der Waals surface area (Å²) in [4.78, 5) is 11.2. The van der Waals surface area contributed by atoms with Gasteiger partial charge in [-0.05, 0) is 19.8 Å². The van der Waals surface area contributed by atoms with Gasteiger partial charge in [-0.1, -0.05) is 78.1 Å². The summed E-state index contributed by atoms with van der Waals surface area (Å²) >= 11 is 0. The van der Waals surface area contributed by atoms with Crippen LogP contribution in [-0.2, 0) is 4.79 Å². The summed E-state index contributed by atoms with van der Waals surface area (Å²) in [5, 5.41) is 3.41. The van der Waals surface area contributed by atoms with Gasteiger partial charge in [-0.2, -0.15) is 0 Å². The predicted octanol–water partition coefficient (Wildman–Crippen LogP) is 5.06. The molecular weight excluding hydrogens is 272 g/mol. The highest BCUT2D eigenvalue weighted by atomic mass is 16.1. The summed E-state index contributed by atoms with van der Waals surface area (Å²) in [5.74, 6) is -0.306. The molecule has 0 aromatic rings. The van der Waals surface area contributed by atoms with Crippen molar-refractivity contribution in [3.8, 4) is 0 Å². The van der Waals surface area contributed by atoms with Crippen LogP contribution < -0.4 is 11.1 Å². The number of rotatable bonds is 15. The van der Waals surface area contributed by atoms with Gasteiger partial charge in [-0.15, -0.1) is 0 Å². The van der Waals surface area contributed by atoms with Crippen LogP contribution in [0.25, 0.3) is 0 Å². The molecule has 0 bridgehead atoms. The molecule has 0 rings (SSSR count). The Morgan fingerprint density at radius 3 is 1.77 bits per heavy atom. The van der Waals surface area contributed by atoms with Gasteiger partial charge in [0, 0.05) is 17.8 Å². The minimum absolute atomic E-state index is 0.306. The van der Waals surface area contributed by atoms with Crippen molar-refractivity contribution in [2.24, 2.45) is 5.73 Å². The van der Waals surface area contributed by atoms with E-state index in [1.54, 1.807) is 0 Å². The molecule has 3 heteroatoms. The SMILES string of the molecule is CCCCCCCCCCCCN/C(CCC)=C(\C)C(N)=O. The highest BCUT2D eigenvalue weighted by molar-refractivity contribution is 5.91. The van der Waals surface area contributed by atoms with Crippen molar-refractivity contribution < 1.29 is 4.79 Å². The summed E-state index contributed by atoms with van der Waals surface area (Å²) in [6, 6.07) is 0. The second-order valence-electron chi connectivity index (χ2n) is 6.33. The minimum Gasteiger partial charge on any atom is -0.388 e. The fourth-order valence-corrected chi connectivity index (χ4v) is 2.66. The van der Waals surface area contributed by atoms with Crippen LogP contribution in [-0.4, -0.2) is 12.5 Å². The molecule has 0 unspecified atom stereocenters. The zero-order chi connectivity index (χ0) is 16.6. The lowest BCUT2D eigenvalue weighted by Crippen LogP contribution is -2.22. The van der Waals surface area contributed by atoms with E-state index in [1.165, 1.54) is 64.2 Å². The van der Waals surface area contributed by atoms with Crippen molar-refractivity contribution in [1.29, 1.82) is 0 Å². The lowest BCUT2D eigenvalue weighted by atomic mass is 10.1. The Labute approximate surface area is 138 Å². The van der Waals surface area contributed by atoms with Crippen LogP contribution in [0.1, 0.15) is 97.8 Å². The van der Waals surface area contributed by atoms with Gasteiger partial charge in [0.1, 0.15) is 0 Å². The highest BCUT2D eigenvalue weighted by Gasteiger charge is 2.06. The summed E-state index contributed by atoms with van der Waals surface area (Å²) in [5.41, 5.74) is 7.08. The van der Waals surface area contributed by atoms with Crippen molar-refractivity contribution in [1.82, 2.24) is 5.32 Å².